The summed E-state index contributed by atoms with van der Waals surface area (Å²) in [5.74, 6) is 2.50. The summed E-state index contributed by atoms with van der Waals surface area (Å²) >= 11 is 0. The molecule has 1 aromatic heterocycles. The fourth-order valence-electron chi connectivity index (χ4n) is 3.50. The van der Waals surface area contributed by atoms with E-state index >= 15 is 0 Å². The number of hydrogen-bond acceptors (Lipinski definition) is 4. The lowest BCUT2D eigenvalue weighted by Crippen LogP contribution is -2.38. The molecule has 2 heterocycles. The molecule has 7 nitrogen and oxygen atoms in total. The first-order valence-corrected chi connectivity index (χ1v) is 11.4. The number of rotatable bonds is 7. The number of benzene rings is 1. The Bertz CT molecular complexity index is 904. The molecule has 1 aromatic carbocycles. The zero-order chi connectivity index (χ0) is 19.3. The minimum atomic E-state index is -2.84. The highest BCUT2D eigenvalue weighted by molar-refractivity contribution is 7.91. The molecule has 1 unspecified atom stereocenters. The van der Waals surface area contributed by atoms with Crippen molar-refractivity contribution < 1.29 is 8.42 Å². The lowest BCUT2D eigenvalue weighted by molar-refractivity contribution is 0.587. The van der Waals surface area contributed by atoms with Gasteiger partial charge in [0.15, 0.2) is 15.8 Å². The van der Waals surface area contributed by atoms with Gasteiger partial charge in [-0.1, -0.05) is 12.1 Å². The first-order valence-electron chi connectivity index (χ1n) is 9.63. The van der Waals surface area contributed by atoms with Crippen molar-refractivity contribution in [1.82, 2.24) is 20.2 Å². The van der Waals surface area contributed by atoms with Crippen molar-refractivity contribution in [3.8, 4) is 0 Å². The molecule has 3 rings (SSSR count). The maximum Gasteiger partial charge on any atom is 0.191 e. The van der Waals surface area contributed by atoms with Gasteiger partial charge >= 0.3 is 0 Å². The third-order valence-corrected chi connectivity index (χ3v) is 6.71. The van der Waals surface area contributed by atoms with Crippen LogP contribution >= 0.6 is 0 Å². The molecule has 0 spiro atoms. The van der Waals surface area contributed by atoms with Crippen molar-refractivity contribution in [2.75, 3.05) is 31.1 Å². The van der Waals surface area contributed by atoms with Crippen LogP contribution in [0.25, 0.3) is 11.0 Å². The number of aryl methyl sites for hydroxylation is 2. The third-order valence-electron chi connectivity index (χ3n) is 4.87. The van der Waals surface area contributed by atoms with Crippen LogP contribution in [-0.2, 0) is 16.4 Å². The van der Waals surface area contributed by atoms with E-state index in [4.69, 9.17) is 0 Å². The van der Waals surface area contributed by atoms with E-state index in [1.165, 1.54) is 0 Å². The van der Waals surface area contributed by atoms with Gasteiger partial charge in [-0.2, -0.15) is 0 Å². The van der Waals surface area contributed by atoms with Crippen molar-refractivity contribution in [1.29, 1.82) is 0 Å². The molecule has 8 heteroatoms. The van der Waals surface area contributed by atoms with Crippen LogP contribution in [0.3, 0.4) is 0 Å². The average Bonchev–Trinajstić information content (AvgIpc) is 3.15. The van der Waals surface area contributed by atoms with Crippen LogP contribution in [0, 0.1) is 12.8 Å². The zero-order valence-electron chi connectivity index (χ0n) is 16.1. The molecule has 148 valence electrons. The van der Waals surface area contributed by atoms with Crippen molar-refractivity contribution in [3.05, 3.63) is 30.1 Å². The standard InChI is InChI=1S/C19H29N5O2S/c1-3-20-19(22-13-16-9-12-27(25,26)14-16)21-10-6-11-24-15(2)23-17-7-4-5-8-18(17)24/h4-5,7-8,16H,3,6,9-14H2,1-2H3,(H2,20,21,22). The zero-order valence-corrected chi connectivity index (χ0v) is 16.9. The number of nitrogens with zero attached hydrogens (tertiary/aromatic N) is 3. The molecule has 0 amide bonds. The number of aliphatic imine (C=N–C) groups is 1. The van der Waals surface area contributed by atoms with Gasteiger partial charge in [-0.15, -0.1) is 0 Å². The Morgan fingerprint density at radius 1 is 1.33 bits per heavy atom. The number of hydrogen-bond donors (Lipinski definition) is 2. The second-order valence-electron chi connectivity index (χ2n) is 7.07. The molecule has 1 aliphatic rings. The van der Waals surface area contributed by atoms with Gasteiger partial charge in [-0.3, -0.25) is 4.99 Å². The molecular weight excluding hydrogens is 362 g/mol. The fraction of sp³-hybridized carbons (Fsp3) is 0.579. The average molecular weight is 392 g/mol. The molecule has 1 aliphatic heterocycles. The summed E-state index contributed by atoms with van der Waals surface area (Å²) in [6, 6.07) is 8.19. The quantitative estimate of drug-likeness (QED) is 0.426. The number of fused-ring (bicyclic) bond motifs is 1. The van der Waals surface area contributed by atoms with Gasteiger partial charge < -0.3 is 15.2 Å². The Kier molecular flexibility index (Phi) is 6.36. The van der Waals surface area contributed by atoms with E-state index in [0.717, 1.165) is 55.3 Å². The SMILES string of the molecule is CCNC(=NCC1CCS(=O)(=O)C1)NCCCn1c(C)nc2ccccc21. The molecule has 0 bridgehead atoms. The van der Waals surface area contributed by atoms with E-state index in [1.807, 2.05) is 32.0 Å². The minimum absolute atomic E-state index is 0.144. The first kappa shape index (κ1) is 19.7. The summed E-state index contributed by atoms with van der Waals surface area (Å²) in [4.78, 5) is 9.17. The van der Waals surface area contributed by atoms with Crippen LogP contribution in [0.5, 0.6) is 0 Å². The van der Waals surface area contributed by atoms with Crippen molar-refractivity contribution in [2.24, 2.45) is 10.9 Å². The molecule has 0 saturated carbocycles. The molecule has 1 atom stereocenters. The Labute approximate surface area is 161 Å². The molecular formula is C19H29N5O2S. The van der Waals surface area contributed by atoms with Gasteiger partial charge in [-0.25, -0.2) is 13.4 Å². The van der Waals surface area contributed by atoms with Crippen molar-refractivity contribution >= 4 is 26.8 Å². The smallest absolute Gasteiger partial charge is 0.191 e. The Morgan fingerprint density at radius 3 is 2.89 bits per heavy atom. The number of nitrogens with one attached hydrogen (secondary N) is 2. The second kappa shape index (κ2) is 8.73. The van der Waals surface area contributed by atoms with Gasteiger partial charge in [0.05, 0.1) is 22.5 Å². The summed E-state index contributed by atoms with van der Waals surface area (Å²) in [7, 11) is -2.84. The Balaban J connectivity index is 1.50. The van der Waals surface area contributed by atoms with Crippen LogP contribution < -0.4 is 10.6 Å². The van der Waals surface area contributed by atoms with Crippen LogP contribution in [0.4, 0.5) is 0 Å². The number of aromatic nitrogens is 2. The van der Waals surface area contributed by atoms with E-state index in [9.17, 15) is 8.42 Å². The van der Waals surface area contributed by atoms with Gasteiger partial charge in [0.25, 0.3) is 0 Å². The molecule has 1 saturated heterocycles. The van der Waals surface area contributed by atoms with Gasteiger partial charge in [0, 0.05) is 26.2 Å². The Hall–Kier alpha value is -2.09. The molecule has 0 radical (unpaired) electrons. The van der Waals surface area contributed by atoms with Crippen LogP contribution in [0.2, 0.25) is 0 Å². The lowest BCUT2D eigenvalue weighted by atomic mass is 10.1. The van der Waals surface area contributed by atoms with Crippen LogP contribution in [0.1, 0.15) is 25.6 Å². The molecule has 27 heavy (non-hydrogen) atoms. The second-order valence-corrected chi connectivity index (χ2v) is 9.30. The molecule has 2 aromatic rings. The Morgan fingerprint density at radius 2 is 2.15 bits per heavy atom. The number of imidazole rings is 1. The summed E-state index contributed by atoms with van der Waals surface area (Å²) in [6.07, 6.45) is 1.67. The predicted molar refractivity (Wildman–Crippen MR) is 110 cm³/mol. The number of guanidine groups is 1. The van der Waals surface area contributed by atoms with Crippen molar-refractivity contribution in [3.63, 3.8) is 0 Å². The van der Waals surface area contributed by atoms with E-state index in [0.29, 0.717) is 12.3 Å². The van der Waals surface area contributed by atoms with E-state index in [2.05, 4.69) is 31.2 Å². The van der Waals surface area contributed by atoms with Crippen LogP contribution in [0.15, 0.2) is 29.3 Å². The first-order chi connectivity index (χ1) is 13.0. The number of para-hydroxylation sites is 2. The maximum absolute atomic E-state index is 11.6. The third kappa shape index (κ3) is 5.22. The van der Waals surface area contributed by atoms with E-state index in [-0.39, 0.29) is 11.7 Å². The summed E-state index contributed by atoms with van der Waals surface area (Å²) in [5, 5.41) is 6.58. The highest BCUT2D eigenvalue weighted by Gasteiger charge is 2.27. The maximum atomic E-state index is 11.6. The largest absolute Gasteiger partial charge is 0.357 e. The van der Waals surface area contributed by atoms with Gasteiger partial charge in [0.1, 0.15) is 5.82 Å². The summed E-state index contributed by atoms with van der Waals surface area (Å²) in [6.45, 7) is 7.08. The summed E-state index contributed by atoms with van der Waals surface area (Å²) in [5.41, 5.74) is 2.20. The molecule has 2 N–H and O–H groups in total. The van der Waals surface area contributed by atoms with E-state index in [1.54, 1.807) is 0 Å². The van der Waals surface area contributed by atoms with Crippen LogP contribution in [-0.4, -0.2) is 55.1 Å². The monoisotopic (exact) mass is 391 g/mol. The number of sulfone groups is 1. The highest BCUT2D eigenvalue weighted by Crippen LogP contribution is 2.18. The minimum Gasteiger partial charge on any atom is -0.357 e. The fourth-order valence-corrected chi connectivity index (χ4v) is 5.35. The van der Waals surface area contributed by atoms with Gasteiger partial charge in [0.2, 0.25) is 0 Å². The van der Waals surface area contributed by atoms with Gasteiger partial charge in [-0.05, 0) is 44.7 Å². The lowest BCUT2D eigenvalue weighted by Gasteiger charge is -2.13. The normalized spacial score (nSPS) is 19.5. The molecule has 0 aliphatic carbocycles. The van der Waals surface area contributed by atoms with Crippen molar-refractivity contribution in [2.45, 2.75) is 33.2 Å². The topological polar surface area (TPSA) is 88.4 Å². The highest BCUT2D eigenvalue weighted by atomic mass is 32.2. The predicted octanol–water partition coefficient (Wildman–Crippen LogP) is 1.72. The summed E-state index contributed by atoms with van der Waals surface area (Å²) < 4.78 is 25.4. The molecule has 1 fully saturated rings. The van der Waals surface area contributed by atoms with E-state index < -0.39 is 9.84 Å².